The highest BCUT2D eigenvalue weighted by atomic mass is 19.3. The van der Waals surface area contributed by atoms with Crippen LogP contribution in [0.2, 0.25) is 0 Å². The van der Waals surface area contributed by atoms with Crippen molar-refractivity contribution >= 4 is 5.57 Å². The molecule has 1 heterocycles. The molecule has 1 aromatic heterocycles. The lowest BCUT2D eigenvalue weighted by Gasteiger charge is -2.21. The van der Waals surface area contributed by atoms with Crippen molar-refractivity contribution in [2.45, 2.75) is 59.5 Å². The maximum absolute atomic E-state index is 14.5. The van der Waals surface area contributed by atoms with Crippen molar-refractivity contribution in [2.24, 2.45) is 0 Å². The Kier molecular flexibility index (Phi) is 16.0. The van der Waals surface area contributed by atoms with Crippen LogP contribution in [0, 0.1) is 6.92 Å². The molecule has 1 aliphatic rings. The molecule has 0 bridgehead atoms. The van der Waals surface area contributed by atoms with Gasteiger partial charge in [-0.2, -0.15) is 0 Å². The number of benzene rings is 1. The molecule has 0 saturated carbocycles. The van der Waals surface area contributed by atoms with Gasteiger partial charge in [-0.15, -0.1) is 0 Å². The Labute approximate surface area is 235 Å². The molecule has 0 radical (unpaired) electrons. The minimum atomic E-state index is -2.71. The third-order valence-corrected chi connectivity index (χ3v) is 5.63. The minimum absolute atomic E-state index is 0.0362. The number of aliphatic hydroxyl groups excluding tert-OH is 2. The second kappa shape index (κ2) is 18.6. The maximum Gasteiger partial charge on any atom is 0.263 e. The number of ether oxygens (including phenoxy) is 2. The zero-order chi connectivity index (χ0) is 30.1. The summed E-state index contributed by atoms with van der Waals surface area (Å²) in [5.41, 5.74) is 2.94. The van der Waals surface area contributed by atoms with E-state index in [4.69, 9.17) is 19.7 Å². The van der Waals surface area contributed by atoms with Crippen LogP contribution in [0.1, 0.15) is 50.4 Å². The van der Waals surface area contributed by atoms with Crippen LogP contribution in [0.4, 0.5) is 13.2 Å². The smallest absolute Gasteiger partial charge is 0.263 e. The van der Waals surface area contributed by atoms with Gasteiger partial charge in [0.15, 0.2) is 0 Å². The Bertz CT molecular complexity index is 1190. The number of halogens is 3. The summed E-state index contributed by atoms with van der Waals surface area (Å²) in [6, 6.07) is 11.0. The Morgan fingerprint density at radius 2 is 1.90 bits per heavy atom. The molecule has 1 atom stereocenters. The van der Waals surface area contributed by atoms with E-state index in [1.165, 1.54) is 18.2 Å². The van der Waals surface area contributed by atoms with E-state index in [9.17, 15) is 13.2 Å². The summed E-state index contributed by atoms with van der Waals surface area (Å²) in [5.74, 6) is 0.585. The number of aryl methyl sites for hydroxylation is 2. The van der Waals surface area contributed by atoms with E-state index in [0.717, 1.165) is 24.7 Å². The van der Waals surface area contributed by atoms with Gasteiger partial charge < -0.3 is 19.7 Å². The number of hydrogen-bond acceptors (Lipinski definition) is 5. The van der Waals surface area contributed by atoms with Gasteiger partial charge in [-0.05, 0) is 74.2 Å². The van der Waals surface area contributed by atoms with Crippen LogP contribution in [0.15, 0.2) is 96.4 Å². The molecule has 218 valence electrons. The molecule has 0 fully saturated rings. The lowest BCUT2D eigenvalue weighted by atomic mass is 10.0. The standard InChI is InChI=1S/C29H30F3NO3.C2H6.CH4O/c1-19(29(31)32)9-12-28(21(3)27-8-4-5-13-33-27)36-26-17-23(30)16-25(18-26)35-24-11-10-22(7-6-14-34)20(2)15-24;2*1-2/h4-5,8-13,15,17-18,25,29,34H,1,6-7,14,16H2,2-3H3;1-2H3;2H,1H3/b12-9-,28-21-;;. The summed E-state index contributed by atoms with van der Waals surface area (Å²) >= 11 is 0. The van der Waals surface area contributed by atoms with E-state index in [0.29, 0.717) is 23.4 Å². The molecule has 1 aliphatic carbocycles. The normalized spacial score (nSPS) is 15.1. The highest BCUT2D eigenvalue weighted by Gasteiger charge is 2.20. The number of aliphatic hydroxyl groups is 2. The van der Waals surface area contributed by atoms with Gasteiger partial charge in [-0.3, -0.25) is 4.98 Å². The van der Waals surface area contributed by atoms with Gasteiger partial charge in [-0.1, -0.05) is 38.6 Å². The second-order valence-electron chi connectivity index (χ2n) is 8.45. The molecule has 40 heavy (non-hydrogen) atoms. The van der Waals surface area contributed by atoms with E-state index >= 15 is 0 Å². The van der Waals surface area contributed by atoms with Gasteiger partial charge in [0, 0.05) is 43.6 Å². The highest BCUT2D eigenvalue weighted by Crippen LogP contribution is 2.29. The Balaban J connectivity index is 0.00000191. The molecule has 1 aromatic carbocycles. The van der Waals surface area contributed by atoms with Crippen molar-refractivity contribution in [3.8, 4) is 5.75 Å². The van der Waals surface area contributed by atoms with Gasteiger partial charge in [0.2, 0.25) is 0 Å². The van der Waals surface area contributed by atoms with Crippen molar-refractivity contribution in [1.82, 2.24) is 4.98 Å². The molecule has 0 spiro atoms. The quantitative estimate of drug-likeness (QED) is 0.218. The average molecular weight is 560 g/mol. The first-order chi connectivity index (χ1) is 19.3. The summed E-state index contributed by atoms with van der Waals surface area (Å²) in [6.07, 6.45) is 5.21. The monoisotopic (exact) mass is 559 g/mol. The lowest BCUT2D eigenvalue weighted by molar-refractivity contribution is 0.194. The van der Waals surface area contributed by atoms with Crippen LogP contribution in [0.3, 0.4) is 0 Å². The fourth-order valence-corrected chi connectivity index (χ4v) is 3.63. The number of alkyl halides is 2. The van der Waals surface area contributed by atoms with Crippen molar-refractivity contribution in [3.05, 3.63) is 113 Å². The number of rotatable bonds is 11. The molecule has 2 N–H and O–H groups in total. The van der Waals surface area contributed by atoms with Crippen LogP contribution < -0.4 is 4.74 Å². The predicted molar refractivity (Wildman–Crippen MR) is 155 cm³/mol. The SMILES string of the molecule is C=C(/C=C\C(OC1=CC(Oc2ccc(CCCO)c(C)c2)CC(F)=C1)=C(/C)c1ccccn1)C(F)F.CC.CO. The van der Waals surface area contributed by atoms with Crippen molar-refractivity contribution in [3.63, 3.8) is 0 Å². The predicted octanol–water partition coefficient (Wildman–Crippen LogP) is 7.66. The number of aromatic nitrogens is 1. The summed E-state index contributed by atoms with van der Waals surface area (Å²) in [4.78, 5) is 4.28. The third kappa shape index (κ3) is 11.2. The van der Waals surface area contributed by atoms with Crippen LogP contribution in [0.5, 0.6) is 5.75 Å². The summed E-state index contributed by atoms with van der Waals surface area (Å²) in [6.45, 7) is 11.2. The third-order valence-electron chi connectivity index (χ3n) is 5.63. The Morgan fingerprint density at radius 1 is 1.18 bits per heavy atom. The number of allylic oxidation sites excluding steroid dienone is 5. The molecule has 2 aromatic rings. The first kappa shape index (κ1) is 34.4. The molecule has 0 saturated heterocycles. The number of hydrogen-bond donors (Lipinski definition) is 2. The van der Waals surface area contributed by atoms with Crippen molar-refractivity contribution < 1.29 is 32.9 Å². The Hall–Kier alpha value is -3.62. The fourth-order valence-electron chi connectivity index (χ4n) is 3.63. The van der Waals surface area contributed by atoms with Crippen molar-refractivity contribution in [2.75, 3.05) is 13.7 Å². The molecule has 0 aliphatic heterocycles. The van der Waals surface area contributed by atoms with E-state index in [1.807, 2.05) is 39.0 Å². The molecule has 1 unspecified atom stereocenters. The van der Waals surface area contributed by atoms with Crippen LogP contribution in [-0.4, -0.2) is 41.4 Å². The maximum atomic E-state index is 14.5. The van der Waals surface area contributed by atoms with E-state index in [-0.39, 0.29) is 30.1 Å². The zero-order valence-corrected chi connectivity index (χ0v) is 23.8. The van der Waals surface area contributed by atoms with Crippen molar-refractivity contribution in [1.29, 1.82) is 0 Å². The van der Waals surface area contributed by atoms with Crippen LogP contribution in [-0.2, 0) is 11.2 Å². The summed E-state index contributed by atoms with van der Waals surface area (Å²) < 4.78 is 52.5. The van der Waals surface area contributed by atoms with E-state index in [1.54, 1.807) is 37.4 Å². The fraction of sp³-hybridized carbons (Fsp3) is 0.344. The van der Waals surface area contributed by atoms with Gasteiger partial charge in [0.1, 0.15) is 29.2 Å². The largest absolute Gasteiger partial charge is 0.486 e. The average Bonchev–Trinajstić information content (AvgIpc) is 2.96. The van der Waals surface area contributed by atoms with E-state index in [2.05, 4.69) is 11.6 Å². The molecule has 0 amide bonds. The van der Waals surface area contributed by atoms with E-state index < -0.39 is 18.4 Å². The highest BCUT2D eigenvalue weighted by molar-refractivity contribution is 5.65. The molecular formula is C32H40F3NO4. The molecule has 5 nitrogen and oxygen atoms in total. The van der Waals surface area contributed by atoms with Gasteiger partial charge in [-0.25, -0.2) is 13.2 Å². The van der Waals surface area contributed by atoms with Crippen LogP contribution in [0.25, 0.3) is 5.57 Å². The molecule has 3 rings (SSSR count). The lowest BCUT2D eigenvalue weighted by Crippen LogP contribution is -2.18. The number of pyridine rings is 1. The molecule has 8 heteroatoms. The molecular weight excluding hydrogens is 519 g/mol. The minimum Gasteiger partial charge on any atom is -0.486 e. The topological polar surface area (TPSA) is 71.8 Å². The second-order valence-corrected chi connectivity index (χ2v) is 8.45. The zero-order valence-electron chi connectivity index (χ0n) is 23.8. The first-order valence-corrected chi connectivity index (χ1v) is 13.1. The van der Waals surface area contributed by atoms with Gasteiger partial charge in [0.05, 0.1) is 5.69 Å². The summed E-state index contributed by atoms with van der Waals surface area (Å²) in [7, 11) is 1.00. The van der Waals surface area contributed by atoms with Gasteiger partial charge in [0.25, 0.3) is 6.43 Å². The first-order valence-electron chi connectivity index (χ1n) is 13.1. The number of nitrogens with zero attached hydrogens (tertiary/aromatic N) is 1. The Morgan fingerprint density at radius 3 is 2.50 bits per heavy atom. The van der Waals surface area contributed by atoms with Crippen LogP contribution >= 0.6 is 0 Å². The van der Waals surface area contributed by atoms with Gasteiger partial charge >= 0.3 is 0 Å². The summed E-state index contributed by atoms with van der Waals surface area (Å²) in [5, 5.41) is 16.1.